The van der Waals surface area contributed by atoms with Crippen molar-refractivity contribution in [2.75, 3.05) is 50.7 Å². The molecule has 3 N–H and O–H groups in total. The van der Waals surface area contributed by atoms with Crippen molar-refractivity contribution in [2.45, 2.75) is 57.5 Å². The van der Waals surface area contributed by atoms with Crippen molar-refractivity contribution in [3.63, 3.8) is 0 Å². The highest BCUT2D eigenvalue weighted by Gasteiger charge is 2.27. The Labute approximate surface area is 200 Å². The standard InChI is InChI=1S/C24H36FN7O2/c1-24(7-10-34-11-8-24)16-28-21-13-17(14-29-32-21)22-20(25)15-27-23(31-22)30-19-5-3-18(4-6-19)26-9-12-33-2/h13-15,18-19,26H,3-12,16H2,1-2H3,(H,28,32)(H,27,30,31). The molecular formula is C24H36FN7O2. The van der Waals surface area contributed by atoms with Crippen molar-refractivity contribution in [3.05, 3.63) is 24.3 Å². The van der Waals surface area contributed by atoms with E-state index in [0.29, 0.717) is 23.4 Å². The number of ether oxygens (including phenoxy) is 2. The minimum Gasteiger partial charge on any atom is -0.383 e. The monoisotopic (exact) mass is 473 g/mol. The molecule has 0 bridgehead atoms. The molecule has 186 valence electrons. The van der Waals surface area contributed by atoms with Crippen molar-refractivity contribution in [1.82, 2.24) is 25.5 Å². The molecule has 4 rings (SSSR count). The van der Waals surface area contributed by atoms with E-state index >= 15 is 0 Å². The SMILES string of the molecule is COCCNC1CCC(Nc2ncc(F)c(-c3cnnc(NCC4(C)CCOCC4)c3)n2)CC1. The summed E-state index contributed by atoms with van der Waals surface area (Å²) in [5, 5.41) is 18.5. The van der Waals surface area contributed by atoms with Crippen LogP contribution in [-0.2, 0) is 9.47 Å². The molecule has 0 aromatic carbocycles. The molecule has 34 heavy (non-hydrogen) atoms. The van der Waals surface area contributed by atoms with Crippen LogP contribution in [0.3, 0.4) is 0 Å². The summed E-state index contributed by atoms with van der Waals surface area (Å²) in [5.41, 5.74) is 0.942. The van der Waals surface area contributed by atoms with Crippen LogP contribution in [0.4, 0.5) is 16.2 Å². The average Bonchev–Trinajstić information content (AvgIpc) is 2.86. The molecule has 2 aromatic heterocycles. The van der Waals surface area contributed by atoms with Crippen molar-refractivity contribution >= 4 is 11.8 Å². The molecule has 2 aliphatic rings. The van der Waals surface area contributed by atoms with Gasteiger partial charge in [0.1, 0.15) is 11.5 Å². The smallest absolute Gasteiger partial charge is 0.223 e. The van der Waals surface area contributed by atoms with Crippen LogP contribution < -0.4 is 16.0 Å². The maximum Gasteiger partial charge on any atom is 0.223 e. The maximum atomic E-state index is 14.6. The second-order valence-electron chi connectivity index (χ2n) is 9.64. The predicted molar refractivity (Wildman–Crippen MR) is 129 cm³/mol. The van der Waals surface area contributed by atoms with Crippen LogP contribution >= 0.6 is 0 Å². The Balaban J connectivity index is 1.36. The first-order chi connectivity index (χ1) is 16.5. The van der Waals surface area contributed by atoms with Gasteiger partial charge in [0.15, 0.2) is 5.82 Å². The van der Waals surface area contributed by atoms with Gasteiger partial charge in [-0.15, -0.1) is 5.10 Å². The number of halogens is 1. The van der Waals surface area contributed by atoms with E-state index in [2.05, 4.69) is 43.0 Å². The van der Waals surface area contributed by atoms with Crippen molar-refractivity contribution in [1.29, 1.82) is 0 Å². The van der Waals surface area contributed by atoms with Crippen molar-refractivity contribution in [2.24, 2.45) is 5.41 Å². The Morgan fingerprint density at radius 1 is 1.15 bits per heavy atom. The van der Waals surface area contributed by atoms with Gasteiger partial charge >= 0.3 is 0 Å². The molecule has 2 aromatic rings. The Morgan fingerprint density at radius 2 is 1.91 bits per heavy atom. The lowest BCUT2D eigenvalue weighted by Crippen LogP contribution is -2.38. The topological polar surface area (TPSA) is 106 Å². The van der Waals surface area contributed by atoms with Crippen LogP contribution in [0.5, 0.6) is 0 Å². The highest BCUT2D eigenvalue weighted by Crippen LogP contribution is 2.30. The summed E-state index contributed by atoms with van der Waals surface area (Å²) in [4.78, 5) is 8.65. The van der Waals surface area contributed by atoms with Crippen LogP contribution in [0.1, 0.15) is 45.4 Å². The Morgan fingerprint density at radius 3 is 2.68 bits per heavy atom. The lowest BCUT2D eigenvalue weighted by Gasteiger charge is -2.33. The van der Waals surface area contributed by atoms with Crippen LogP contribution in [0.15, 0.2) is 18.5 Å². The van der Waals surface area contributed by atoms with Gasteiger partial charge in [-0.3, -0.25) is 0 Å². The van der Waals surface area contributed by atoms with Gasteiger partial charge in [0.25, 0.3) is 0 Å². The summed E-state index contributed by atoms with van der Waals surface area (Å²) in [5.74, 6) is 0.567. The number of nitrogens with one attached hydrogen (secondary N) is 3. The molecular weight excluding hydrogens is 437 g/mol. The van der Waals surface area contributed by atoms with E-state index in [-0.39, 0.29) is 17.2 Å². The number of hydrogen-bond donors (Lipinski definition) is 3. The second-order valence-corrected chi connectivity index (χ2v) is 9.64. The molecule has 3 heterocycles. The lowest BCUT2D eigenvalue weighted by molar-refractivity contribution is 0.0299. The van der Waals surface area contributed by atoms with Gasteiger partial charge in [-0.25, -0.2) is 14.4 Å². The molecule has 2 fully saturated rings. The van der Waals surface area contributed by atoms with E-state index < -0.39 is 5.82 Å². The van der Waals surface area contributed by atoms with Gasteiger partial charge in [0.05, 0.1) is 19.0 Å². The third kappa shape index (κ3) is 6.80. The average molecular weight is 474 g/mol. The Kier molecular flexibility index (Phi) is 8.58. The van der Waals surface area contributed by atoms with E-state index in [1.807, 2.05) is 0 Å². The second kappa shape index (κ2) is 11.8. The Hall–Kier alpha value is -2.43. The zero-order chi connectivity index (χ0) is 23.8. The van der Waals surface area contributed by atoms with Crippen molar-refractivity contribution in [3.8, 4) is 11.3 Å². The summed E-state index contributed by atoms with van der Waals surface area (Å²) in [6.07, 6.45) is 8.91. The van der Waals surface area contributed by atoms with E-state index in [1.54, 1.807) is 13.2 Å². The summed E-state index contributed by atoms with van der Waals surface area (Å²) in [6, 6.07) is 2.57. The zero-order valence-corrected chi connectivity index (χ0v) is 20.1. The third-order valence-corrected chi connectivity index (χ3v) is 6.87. The highest BCUT2D eigenvalue weighted by atomic mass is 19.1. The normalized spacial score (nSPS) is 22.3. The highest BCUT2D eigenvalue weighted by molar-refractivity contribution is 5.63. The molecule has 1 saturated heterocycles. The van der Waals surface area contributed by atoms with Crippen LogP contribution in [0.25, 0.3) is 11.3 Å². The lowest BCUT2D eigenvalue weighted by atomic mass is 9.82. The summed E-state index contributed by atoms with van der Waals surface area (Å²) in [6.45, 7) is 6.14. The van der Waals surface area contributed by atoms with Gasteiger partial charge < -0.3 is 25.4 Å². The molecule has 0 spiro atoms. The number of rotatable bonds is 10. The van der Waals surface area contributed by atoms with Gasteiger partial charge in [-0.05, 0) is 50.0 Å². The third-order valence-electron chi connectivity index (χ3n) is 6.87. The molecule has 0 unspecified atom stereocenters. The molecule has 0 amide bonds. The zero-order valence-electron chi connectivity index (χ0n) is 20.1. The summed E-state index contributed by atoms with van der Waals surface area (Å²) >= 11 is 0. The number of hydrogen-bond acceptors (Lipinski definition) is 9. The van der Waals surface area contributed by atoms with Crippen LogP contribution in [0.2, 0.25) is 0 Å². The first-order valence-corrected chi connectivity index (χ1v) is 12.2. The summed E-state index contributed by atoms with van der Waals surface area (Å²) < 4.78 is 25.2. The molecule has 1 saturated carbocycles. The number of anilines is 2. The number of methoxy groups -OCH3 is 1. The molecule has 0 radical (unpaired) electrons. The van der Waals surface area contributed by atoms with Crippen molar-refractivity contribution < 1.29 is 13.9 Å². The van der Waals surface area contributed by atoms with E-state index in [9.17, 15) is 4.39 Å². The van der Waals surface area contributed by atoms with Gasteiger partial charge in [0, 0.05) is 51.1 Å². The minimum atomic E-state index is -0.480. The molecule has 1 aliphatic heterocycles. The van der Waals surface area contributed by atoms with Gasteiger partial charge in [-0.2, -0.15) is 5.10 Å². The Bertz CT molecular complexity index is 918. The summed E-state index contributed by atoms with van der Waals surface area (Å²) in [7, 11) is 1.71. The van der Waals surface area contributed by atoms with E-state index in [1.165, 1.54) is 12.4 Å². The number of nitrogens with zero attached hydrogens (tertiary/aromatic N) is 4. The van der Waals surface area contributed by atoms with Crippen LogP contribution in [0, 0.1) is 11.2 Å². The van der Waals surface area contributed by atoms with Gasteiger partial charge in [-0.1, -0.05) is 6.92 Å². The molecule has 1 aliphatic carbocycles. The van der Waals surface area contributed by atoms with E-state index in [4.69, 9.17) is 9.47 Å². The predicted octanol–water partition coefficient (Wildman–Crippen LogP) is 3.26. The fourth-order valence-electron chi connectivity index (χ4n) is 4.56. The number of aromatic nitrogens is 4. The minimum absolute atomic E-state index is 0.144. The first kappa shape index (κ1) is 24.7. The van der Waals surface area contributed by atoms with Crippen LogP contribution in [-0.4, -0.2) is 72.3 Å². The largest absolute Gasteiger partial charge is 0.383 e. The van der Waals surface area contributed by atoms with E-state index in [0.717, 1.165) is 71.4 Å². The molecule has 0 atom stereocenters. The quantitative estimate of drug-likeness (QED) is 0.448. The molecule has 10 heteroatoms. The molecule has 9 nitrogen and oxygen atoms in total. The fraction of sp³-hybridized carbons (Fsp3) is 0.667. The fourth-order valence-corrected chi connectivity index (χ4v) is 4.56. The maximum absolute atomic E-state index is 14.6. The first-order valence-electron chi connectivity index (χ1n) is 12.2. The van der Waals surface area contributed by atoms with Gasteiger partial charge in [0.2, 0.25) is 5.95 Å².